The molecule has 0 aliphatic rings. The first-order valence-electron chi connectivity index (χ1n) is 3.98. The minimum atomic E-state index is -0.684. The fourth-order valence-electron chi connectivity index (χ4n) is 1.11. The number of hydrogen-bond donors (Lipinski definition) is 2. The van der Waals surface area contributed by atoms with E-state index in [0.717, 1.165) is 5.56 Å². The van der Waals surface area contributed by atoms with Crippen LogP contribution in [0.25, 0.3) is 0 Å². The first kappa shape index (κ1) is 11.9. The predicted molar refractivity (Wildman–Crippen MR) is 50.6 cm³/mol. The van der Waals surface area contributed by atoms with Gasteiger partial charge in [-0.3, -0.25) is 4.70 Å². The van der Waals surface area contributed by atoms with E-state index in [-0.39, 0.29) is 10.5 Å². The number of phenolic OH excluding ortho intramolecular Hbond substituents is 1. The highest BCUT2D eigenvalue weighted by atomic mass is 19.0. The van der Waals surface area contributed by atoms with Gasteiger partial charge in [-0.25, -0.2) is 0 Å². The van der Waals surface area contributed by atoms with E-state index in [1.165, 1.54) is 0 Å². The van der Waals surface area contributed by atoms with Gasteiger partial charge in [-0.2, -0.15) is 0 Å². The average molecular weight is 186 g/mol. The summed E-state index contributed by atoms with van der Waals surface area (Å²) in [4.78, 5) is 0. The first-order valence-corrected chi connectivity index (χ1v) is 3.98. The molecule has 1 rings (SSSR count). The Labute approximate surface area is 77.2 Å². The SMILES string of the molecule is CC(C)(O)Cc1ccc(O)cc1.F. The van der Waals surface area contributed by atoms with Crippen molar-refractivity contribution in [3.05, 3.63) is 29.8 Å². The maximum Gasteiger partial charge on any atom is 0.115 e. The zero-order chi connectivity index (χ0) is 9.19. The lowest BCUT2D eigenvalue weighted by Crippen LogP contribution is -2.21. The van der Waals surface area contributed by atoms with E-state index in [1.807, 2.05) is 12.1 Å². The van der Waals surface area contributed by atoms with Crippen LogP contribution in [0, 0.1) is 0 Å². The molecule has 0 fully saturated rings. The monoisotopic (exact) mass is 186 g/mol. The van der Waals surface area contributed by atoms with E-state index in [9.17, 15) is 5.11 Å². The second-order valence-electron chi connectivity index (χ2n) is 3.66. The average Bonchev–Trinajstić information content (AvgIpc) is 1.91. The van der Waals surface area contributed by atoms with Crippen LogP contribution in [-0.4, -0.2) is 15.8 Å². The van der Waals surface area contributed by atoms with Gasteiger partial charge in [0.05, 0.1) is 5.60 Å². The maximum atomic E-state index is 9.48. The molecule has 1 aromatic rings. The van der Waals surface area contributed by atoms with Gasteiger partial charge >= 0.3 is 0 Å². The topological polar surface area (TPSA) is 40.5 Å². The van der Waals surface area contributed by atoms with E-state index in [2.05, 4.69) is 0 Å². The predicted octanol–water partition coefficient (Wildman–Crippen LogP) is 1.86. The summed E-state index contributed by atoms with van der Waals surface area (Å²) in [5, 5.41) is 18.5. The molecule has 0 aromatic heterocycles. The molecular formula is C10H15FO2. The van der Waals surface area contributed by atoms with Crippen molar-refractivity contribution in [2.24, 2.45) is 0 Å². The van der Waals surface area contributed by atoms with Crippen LogP contribution in [0.2, 0.25) is 0 Å². The smallest absolute Gasteiger partial charge is 0.115 e. The van der Waals surface area contributed by atoms with E-state index in [4.69, 9.17) is 5.11 Å². The minimum absolute atomic E-state index is 0. The van der Waals surface area contributed by atoms with Crippen LogP contribution >= 0.6 is 0 Å². The molecule has 2 N–H and O–H groups in total. The number of halogens is 1. The molecule has 0 spiro atoms. The molecule has 0 saturated heterocycles. The van der Waals surface area contributed by atoms with Gasteiger partial charge in [0, 0.05) is 6.42 Å². The number of benzene rings is 1. The van der Waals surface area contributed by atoms with Gasteiger partial charge in [0.25, 0.3) is 0 Å². The molecule has 2 nitrogen and oxygen atoms in total. The molecule has 0 aliphatic heterocycles. The summed E-state index contributed by atoms with van der Waals surface area (Å²) in [7, 11) is 0. The largest absolute Gasteiger partial charge is 0.508 e. The molecule has 0 amide bonds. The molecule has 3 heteroatoms. The van der Waals surface area contributed by atoms with Crippen LogP contribution in [0.5, 0.6) is 5.75 Å². The summed E-state index contributed by atoms with van der Waals surface area (Å²) in [6.45, 7) is 3.53. The quantitative estimate of drug-likeness (QED) is 0.740. The lowest BCUT2D eigenvalue weighted by molar-refractivity contribution is 0.0810. The second kappa shape index (κ2) is 4.23. The molecule has 0 saturated carbocycles. The van der Waals surface area contributed by atoms with Crippen LogP contribution in [-0.2, 0) is 6.42 Å². The zero-order valence-corrected chi connectivity index (χ0v) is 7.82. The van der Waals surface area contributed by atoms with Crippen LogP contribution in [0.15, 0.2) is 24.3 Å². The fourth-order valence-corrected chi connectivity index (χ4v) is 1.11. The fraction of sp³-hybridized carbons (Fsp3) is 0.400. The molecule has 0 bridgehead atoms. The van der Waals surface area contributed by atoms with Gasteiger partial charge in [0.2, 0.25) is 0 Å². The van der Waals surface area contributed by atoms with Gasteiger partial charge in [-0.15, -0.1) is 0 Å². The Morgan fingerprint density at radius 1 is 1.15 bits per heavy atom. The molecule has 0 radical (unpaired) electrons. The zero-order valence-electron chi connectivity index (χ0n) is 7.82. The molecule has 0 atom stereocenters. The minimum Gasteiger partial charge on any atom is -0.508 e. The van der Waals surface area contributed by atoms with E-state index in [1.54, 1.807) is 26.0 Å². The number of aliphatic hydroxyl groups is 1. The Morgan fingerprint density at radius 2 is 1.62 bits per heavy atom. The Kier molecular flexibility index (Phi) is 3.88. The third kappa shape index (κ3) is 4.48. The summed E-state index contributed by atoms with van der Waals surface area (Å²) >= 11 is 0. The van der Waals surface area contributed by atoms with Crippen molar-refractivity contribution in [2.45, 2.75) is 25.9 Å². The number of hydrogen-bond acceptors (Lipinski definition) is 2. The van der Waals surface area contributed by atoms with Crippen LogP contribution < -0.4 is 0 Å². The molecule has 13 heavy (non-hydrogen) atoms. The van der Waals surface area contributed by atoms with Gasteiger partial charge in [0.1, 0.15) is 5.75 Å². The molecule has 0 aliphatic carbocycles. The third-order valence-corrected chi connectivity index (χ3v) is 1.57. The highest BCUT2D eigenvalue weighted by Crippen LogP contribution is 2.15. The summed E-state index contributed by atoms with van der Waals surface area (Å²) in [6, 6.07) is 6.88. The van der Waals surface area contributed by atoms with Crippen molar-refractivity contribution < 1.29 is 14.9 Å². The Morgan fingerprint density at radius 3 is 2.00 bits per heavy atom. The second-order valence-corrected chi connectivity index (χ2v) is 3.66. The van der Waals surface area contributed by atoms with E-state index >= 15 is 0 Å². The van der Waals surface area contributed by atoms with Crippen molar-refractivity contribution in [3.63, 3.8) is 0 Å². The van der Waals surface area contributed by atoms with Crippen LogP contribution in [0.4, 0.5) is 4.70 Å². The van der Waals surface area contributed by atoms with Crippen LogP contribution in [0.1, 0.15) is 19.4 Å². The molecule has 1 aromatic carbocycles. The third-order valence-electron chi connectivity index (χ3n) is 1.57. The molecule has 0 unspecified atom stereocenters. The maximum absolute atomic E-state index is 9.48. The van der Waals surface area contributed by atoms with Crippen LogP contribution in [0.3, 0.4) is 0 Å². The Balaban J connectivity index is 0.00000144. The lowest BCUT2D eigenvalue weighted by atomic mass is 9.99. The molecule has 0 heterocycles. The summed E-state index contributed by atoms with van der Waals surface area (Å²) in [5.74, 6) is 0.259. The van der Waals surface area contributed by atoms with Gasteiger partial charge in [0.15, 0.2) is 0 Å². The van der Waals surface area contributed by atoms with Crippen molar-refractivity contribution in [2.75, 3.05) is 0 Å². The summed E-state index contributed by atoms with van der Waals surface area (Å²) < 4.78 is 0. The van der Waals surface area contributed by atoms with Crippen molar-refractivity contribution in [1.29, 1.82) is 0 Å². The van der Waals surface area contributed by atoms with Crippen molar-refractivity contribution in [3.8, 4) is 5.75 Å². The normalized spacial score (nSPS) is 10.7. The summed E-state index contributed by atoms with van der Waals surface area (Å²) in [6.07, 6.45) is 0.604. The van der Waals surface area contributed by atoms with Crippen molar-refractivity contribution in [1.82, 2.24) is 0 Å². The molecular weight excluding hydrogens is 171 g/mol. The number of rotatable bonds is 2. The highest BCUT2D eigenvalue weighted by molar-refractivity contribution is 5.26. The first-order chi connectivity index (χ1) is 5.47. The van der Waals surface area contributed by atoms with E-state index < -0.39 is 5.60 Å². The Hall–Kier alpha value is -1.09. The van der Waals surface area contributed by atoms with E-state index in [0.29, 0.717) is 6.42 Å². The summed E-state index contributed by atoms with van der Waals surface area (Å²) in [5.41, 5.74) is 0.344. The van der Waals surface area contributed by atoms with Crippen molar-refractivity contribution >= 4 is 0 Å². The molecule has 74 valence electrons. The Bertz CT molecular complexity index is 249. The number of aromatic hydroxyl groups is 1. The van der Waals surface area contributed by atoms with Gasteiger partial charge in [-0.1, -0.05) is 12.1 Å². The lowest BCUT2D eigenvalue weighted by Gasteiger charge is -2.16. The van der Waals surface area contributed by atoms with Gasteiger partial charge < -0.3 is 10.2 Å². The number of phenols is 1. The highest BCUT2D eigenvalue weighted by Gasteiger charge is 2.12. The standard InChI is InChI=1S/C10H14O2.FH/c1-10(2,12)7-8-3-5-9(11)6-4-8;/h3-6,11-12H,7H2,1-2H3;1H. The van der Waals surface area contributed by atoms with Gasteiger partial charge in [-0.05, 0) is 31.5 Å².